The fourth-order valence-electron chi connectivity index (χ4n) is 5.56. The van der Waals surface area contributed by atoms with Gasteiger partial charge in [-0.2, -0.15) is 10.2 Å². The number of nitrogens with two attached hydrogens (primary N) is 2. The maximum Gasteiger partial charge on any atom is 0.138 e. The molecule has 0 amide bonds. The molecule has 0 aromatic carbocycles. The largest absolute Gasteiger partial charge is 1.00 e. The van der Waals surface area contributed by atoms with Crippen molar-refractivity contribution in [1.29, 1.82) is 0 Å². The van der Waals surface area contributed by atoms with E-state index in [9.17, 15) is 0 Å². The van der Waals surface area contributed by atoms with Gasteiger partial charge in [-0.25, -0.2) is 19.9 Å². The van der Waals surface area contributed by atoms with Crippen LogP contribution in [0.4, 0.5) is 11.6 Å². The minimum absolute atomic E-state index is 0. The molecule has 0 fully saturated rings. The van der Waals surface area contributed by atoms with E-state index in [0.717, 1.165) is 66.8 Å². The maximum absolute atomic E-state index is 6.24. The van der Waals surface area contributed by atoms with E-state index in [1.54, 1.807) is 24.8 Å². The van der Waals surface area contributed by atoms with Crippen molar-refractivity contribution in [1.82, 2.24) is 49.5 Å². The molecular weight excluding hydrogens is 636 g/mol. The molecule has 0 unspecified atom stereocenters. The molecule has 0 aliphatic heterocycles. The minimum Gasteiger partial charge on any atom is -1.00 e. The van der Waals surface area contributed by atoms with E-state index in [0.29, 0.717) is 16.7 Å². The molecule has 0 spiro atoms. The maximum atomic E-state index is 6.24. The summed E-state index contributed by atoms with van der Waals surface area (Å²) in [6.45, 7) is 8.39. The number of anilines is 2. The number of hydrogen-bond donors (Lipinski definition) is 4. The molecule has 0 radical (unpaired) electrons. The summed E-state index contributed by atoms with van der Waals surface area (Å²) >= 11 is 6.24. The van der Waals surface area contributed by atoms with Crippen LogP contribution >= 0.6 is 11.6 Å². The summed E-state index contributed by atoms with van der Waals surface area (Å²) in [7, 11) is 0. The number of aromatic nitrogens is 10. The molecule has 8 aromatic rings. The van der Waals surface area contributed by atoms with Crippen LogP contribution < -0.4 is 11.5 Å². The number of nitrogens with zero attached hydrogens (tertiary/aromatic N) is 8. The Morgan fingerprint density at radius 3 is 1.78 bits per heavy atom. The summed E-state index contributed by atoms with van der Waals surface area (Å²) in [6, 6.07) is 14.2. The number of nitrogen functional groups attached to an aromatic ring is 2. The van der Waals surface area contributed by atoms with Crippen molar-refractivity contribution in [2.24, 2.45) is 0 Å². The van der Waals surface area contributed by atoms with Crippen molar-refractivity contribution < 1.29 is 1.43 Å². The van der Waals surface area contributed by atoms with Gasteiger partial charge in [-0.05, 0) is 81.3 Å². The minimum atomic E-state index is 0. The van der Waals surface area contributed by atoms with E-state index in [2.05, 4.69) is 69.9 Å². The highest BCUT2D eigenvalue weighted by Crippen LogP contribution is 2.35. The smallest absolute Gasteiger partial charge is 0.138 e. The highest BCUT2D eigenvalue weighted by atomic mass is 35.5. The predicted octanol–water partition coefficient (Wildman–Crippen LogP) is 8.07. The average molecular weight is 672 g/mol. The Morgan fingerprint density at radius 1 is 0.673 bits per heavy atom. The summed E-state index contributed by atoms with van der Waals surface area (Å²) in [6.07, 6.45) is 14.8. The molecule has 49 heavy (non-hydrogen) atoms. The lowest BCUT2D eigenvalue weighted by Gasteiger charge is -2.04. The van der Waals surface area contributed by atoms with E-state index in [4.69, 9.17) is 33.3 Å². The third-order valence-corrected chi connectivity index (χ3v) is 8.45. The molecule has 12 nitrogen and oxygen atoms in total. The van der Waals surface area contributed by atoms with Crippen molar-refractivity contribution >= 4 is 45.3 Å². The van der Waals surface area contributed by atoms with Crippen LogP contribution in [0.3, 0.4) is 0 Å². The topological polar surface area (TPSA) is 171 Å². The van der Waals surface area contributed by atoms with Crippen LogP contribution in [0.15, 0.2) is 92.0 Å². The summed E-state index contributed by atoms with van der Waals surface area (Å²) < 4.78 is 3.90. The van der Waals surface area contributed by atoms with Crippen LogP contribution in [0.25, 0.3) is 66.8 Å². The monoisotopic (exact) mass is 671 g/mol. The van der Waals surface area contributed by atoms with E-state index in [-0.39, 0.29) is 13.5 Å². The van der Waals surface area contributed by atoms with Crippen LogP contribution in [0.2, 0.25) is 5.02 Å². The lowest BCUT2D eigenvalue weighted by molar-refractivity contribution is 0.534. The van der Waals surface area contributed by atoms with Gasteiger partial charge < -0.3 is 22.9 Å². The number of H-pyrrole nitrogens is 2. The van der Waals surface area contributed by atoms with Crippen LogP contribution in [0, 0.1) is 0 Å². The second-order valence-electron chi connectivity index (χ2n) is 12.3. The van der Waals surface area contributed by atoms with Crippen molar-refractivity contribution in [2.45, 2.75) is 39.8 Å². The Morgan fingerprint density at radius 2 is 1.22 bits per heavy atom. The zero-order chi connectivity index (χ0) is 34.2. The van der Waals surface area contributed by atoms with E-state index < -0.39 is 0 Å². The molecular formula is C36H36ClN12-. The third-order valence-electron chi connectivity index (χ3n) is 8.13. The predicted molar refractivity (Wildman–Crippen MR) is 197 cm³/mol. The van der Waals surface area contributed by atoms with Gasteiger partial charge in [-0.1, -0.05) is 11.6 Å². The van der Waals surface area contributed by atoms with Crippen LogP contribution in [-0.2, 0) is 0 Å². The second kappa shape index (κ2) is 12.9. The van der Waals surface area contributed by atoms with Crippen molar-refractivity contribution in [3.63, 3.8) is 0 Å². The van der Waals surface area contributed by atoms with Gasteiger partial charge in [-0.3, -0.25) is 9.36 Å². The van der Waals surface area contributed by atoms with Gasteiger partial charge in [0.15, 0.2) is 0 Å². The summed E-state index contributed by atoms with van der Waals surface area (Å²) in [5.74, 6) is 0.970. The molecule has 6 N–H and O–H groups in total. The molecule has 13 heteroatoms. The van der Waals surface area contributed by atoms with Crippen molar-refractivity contribution in [3.8, 4) is 44.8 Å². The van der Waals surface area contributed by atoms with Gasteiger partial charge in [0.1, 0.15) is 34.3 Å². The van der Waals surface area contributed by atoms with E-state index in [1.807, 2.05) is 64.4 Å². The standard InChI is InChI=1S/C18H17ClN6.C18H18N6.H/c1-10(2)25-9-14(11-3-4-21-16(20)6-11)17(24-25)12-5-13-15(19)8-23-18(13)22-7-12;1-11(2)24-10-15(12-3-5-20-16(19)8-12)17(23-24)14-7-13-4-6-21-18(13)22-9-14;/h3-10H,1-2H3,(H2,20,21)(H,22,23);3-11H,1-2H3,(H2,19,20)(H,21,22);/q;;-1. The van der Waals surface area contributed by atoms with Gasteiger partial charge in [0, 0.05) is 94.7 Å². The lowest BCUT2D eigenvalue weighted by atomic mass is 10.0. The van der Waals surface area contributed by atoms with E-state index >= 15 is 0 Å². The van der Waals surface area contributed by atoms with Gasteiger partial charge in [-0.15, -0.1) is 0 Å². The van der Waals surface area contributed by atoms with E-state index in [1.165, 1.54) is 0 Å². The Hall–Kier alpha value is -6.01. The number of nitrogens with one attached hydrogen (secondary N) is 2. The SMILES string of the molecule is CC(C)n1cc(-c2ccnc(N)c2)c(-c2cnc3[nH]cc(Cl)c3c2)n1.CC(C)n1cc(-c2ccnc(N)c2)c(-c2cnc3[nH]ccc3c2)n1.[H-]. The quantitative estimate of drug-likeness (QED) is 0.137. The Labute approximate surface area is 288 Å². The molecule has 0 bridgehead atoms. The second-order valence-corrected chi connectivity index (χ2v) is 12.7. The molecule has 8 aromatic heterocycles. The molecule has 8 heterocycles. The fourth-order valence-corrected chi connectivity index (χ4v) is 5.76. The summed E-state index contributed by atoms with van der Waals surface area (Å²) in [4.78, 5) is 23.3. The number of fused-ring (bicyclic) bond motifs is 2. The first-order valence-electron chi connectivity index (χ1n) is 15.8. The number of halogens is 1. The highest BCUT2D eigenvalue weighted by molar-refractivity contribution is 6.35. The summed E-state index contributed by atoms with van der Waals surface area (Å²) in [5.41, 5.74) is 20.9. The van der Waals surface area contributed by atoms with Crippen LogP contribution in [-0.4, -0.2) is 49.5 Å². The highest BCUT2D eigenvalue weighted by Gasteiger charge is 2.18. The van der Waals surface area contributed by atoms with Crippen LogP contribution in [0.1, 0.15) is 41.2 Å². The average Bonchev–Trinajstić information content (AvgIpc) is 3.90. The first-order chi connectivity index (χ1) is 23.6. The molecule has 0 aliphatic rings. The van der Waals surface area contributed by atoms with Gasteiger partial charge >= 0.3 is 0 Å². The van der Waals surface area contributed by atoms with Crippen molar-refractivity contribution in [2.75, 3.05) is 11.5 Å². The third kappa shape index (κ3) is 6.33. The Balaban J connectivity index is 0.000000170. The Kier molecular flexibility index (Phi) is 8.31. The van der Waals surface area contributed by atoms with Gasteiger partial charge in [0.05, 0.1) is 5.02 Å². The molecule has 0 saturated heterocycles. The number of hydrogen-bond acceptors (Lipinski definition) is 8. The first kappa shape index (κ1) is 31.6. The summed E-state index contributed by atoms with van der Waals surface area (Å²) in [5, 5.41) is 12.1. The zero-order valence-corrected chi connectivity index (χ0v) is 28.2. The number of aromatic amines is 2. The van der Waals surface area contributed by atoms with Gasteiger partial charge in [0.25, 0.3) is 0 Å². The zero-order valence-electron chi connectivity index (χ0n) is 28.4. The van der Waals surface area contributed by atoms with Crippen LogP contribution in [0.5, 0.6) is 0 Å². The molecule has 248 valence electrons. The molecule has 0 aliphatic carbocycles. The van der Waals surface area contributed by atoms with Crippen molar-refractivity contribution in [3.05, 3.63) is 97.1 Å². The molecule has 0 saturated carbocycles. The normalized spacial score (nSPS) is 11.5. The molecule has 0 atom stereocenters. The molecule has 8 rings (SSSR count). The van der Waals surface area contributed by atoms with Gasteiger partial charge in [0.2, 0.25) is 0 Å². The first-order valence-corrected chi connectivity index (χ1v) is 16.2. The number of rotatable bonds is 6. The Bertz CT molecular complexity index is 2420. The number of pyridine rings is 4. The fraction of sp³-hybridized carbons (Fsp3) is 0.167. The lowest BCUT2D eigenvalue weighted by Crippen LogP contribution is -2.00.